The highest BCUT2D eigenvalue weighted by Gasteiger charge is 2.43. The summed E-state index contributed by atoms with van der Waals surface area (Å²) in [7, 11) is 0. The summed E-state index contributed by atoms with van der Waals surface area (Å²) in [6, 6.07) is 0. The van der Waals surface area contributed by atoms with Crippen LogP contribution in [0.2, 0.25) is 0 Å². The molecule has 0 radical (unpaired) electrons. The minimum absolute atomic E-state index is 0.0242. The zero-order valence-electron chi connectivity index (χ0n) is 11.9. The smallest absolute Gasteiger partial charge is 0.354 e. The Labute approximate surface area is 140 Å². The summed E-state index contributed by atoms with van der Waals surface area (Å²) in [5, 5.41) is 2.93. The number of benzene rings is 1. The average Bonchev–Trinajstić information content (AvgIpc) is 2.50. The number of piperidine rings is 1. The molecule has 1 aliphatic heterocycles. The van der Waals surface area contributed by atoms with E-state index < -0.39 is 63.8 Å². The summed E-state index contributed by atoms with van der Waals surface area (Å²) < 4.78 is 91.8. The Morgan fingerprint density at radius 2 is 1.60 bits per heavy atom. The van der Waals surface area contributed by atoms with E-state index in [0.717, 1.165) is 0 Å². The van der Waals surface area contributed by atoms with Gasteiger partial charge in [0.05, 0.1) is 5.38 Å². The predicted octanol–water partition coefficient (Wildman–Crippen LogP) is 2.94. The normalized spacial score (nSPS) is 21.0. The van der Waals surface area contributed by atoms with E-state index in [4.69, 9.17) is 11.6 Å². The molecule has 25 heavy (non-hydrogen) atoms. The largest absolute Gasteiger partial charge is 0.422 e. The monoisotopic (exact) mass is 392 g/mol. The first-order valence-corrected chi connectivity index (χ1v) is 7.04. The van der Waals surface area contributed by atoms with Crippen LogP contribution in [0.1, 0.15) is 12.0 Å². The summed E-state index contributed by atoms with van der Waals surface area (Å²) in [4.78, 5) is 23.4. The average molecular weight is 393 g/mol. The highest BCUT2D eigenvalue weighted by molar-refractivity contribution is 6.22. The van der Waals surface area contributed by atoms with Crippen molar-refractivity contribution >= 4 is 29.1 Å². The van der Waals surface area contributed by atoms with Crippen LogP contribution in [0.15, 0.2) is 0 Å². The zero-order valence-corrected chi connectivity index (χ0v) is 12.7. The molecule has 2 atom stereocenters. The third kappa shape index (κ3) is 3.65. The van der Waals surface area contributed by atoms with Gasteiger partial charge in [0.15, 0.2) is 23.3 Å². The molecule has 0 bridgehead atoms. The molecule has 2 rings (SSSR count). The number of carbonyl (C=O) groups excluding carboxylic acids is 2. The number of rotatable bonds is 2. The van der Waals surface area contributed by atoms with Crippen molar-refractivity contribution in [1.29, 1.82) is 0 Å². The van der Waals surface area contributed by atoms with E-state index in [1.54, 1.807) is 0 Å². The van der Waals surface area contributed by atoms with E-state index in [1.807, 2.05) is 0 Å². The van der Waals surface area contributed by atoms with Gasteiger partial charge in [-0.1, -0.05) is 0 Å². The Bertz CT molecular complexity index is 709. The van der Waals surface area contributed by atoms with E-state index in [2.05, 4.69) is 5.32 Å². The third-order valence-corrected chi connectivity index (χ3v) is 3.75. The first kappa shape index (κ1) is 19.3. The van der Waals surface area contributed by atoms with E-state index in [9.17, 15) is 40.3 Å². The van der Waals surface area contributed by atoms with Gasteiger partial charge in [-0.2, -0.15) is 13.2 Å². The molecular formula is C13H8ClF7N2O2. The minimum Gasteiger partial charge on any atom is -0.354 e. The number of anilines is 1. The van der Waals surface area contributed by atoms with Crippen LogP contribution in [0.4, 0.5) is 36.4 Å². The zero-order chi connectivity index (χ0) is 19.1. The second-order valence-electron chi connectivity index (χ2n) is 5.12. The molecule has 1 aromatic carbocycles. The first-order chi connectivity index (χ1) is 11.4. The Morgan fingerprint density at radius 3 is 2.08 bits per heavy atom. The Balaban J connectivity index is 2.41. The maximum Gasteiger partial charge on any atom is 0.422 e. The number of halogens is 8. The molecule has 0 saturated carbocycles. The maximum absolute atomic E-state index is 13.7. The van der Waals surface area contributed by atoms with E-state index in [1.165, 1.54) is 5.32 Å². The molecule has 4 nitrogen and oxygen atoms in total. The van der Waals surface area contributed by atoms with Crippen LogP contribution in [0.5, 0.6) is 0 Å². The molecular weight excluding hydrogens is 385 g/mol. The van der Waals surface area contributed by atoms with Gasteiger partial charge >= 0.3 is 6.18 Å². The third-order valence-electron chi connectivity index (χ3n) is 3.42. The van der Waals surface area contributed by atoms with Gasteiger partial charge < -0.3 is 10.6 Å². The summed E-state index contributed by atoms with van der Waals surface area (Å²) in [6.45, 7) is 0.0242. The van der Waals surface area contributed by atoms with Crippen LogP contribution >= 0.6 is 11.6 Å². The fourth-order valence-corrected chi connectivity index (χ4v) is 2.46. The van der Waals surface area contributed by atoms with Crippen molar-refractivity contribution in [3.05, 3.63) is 28.8 Å². The summed E-state index contributed by atoms with van der Waals surface area (Å²) in [5.74, 6) is -14.1. The van der Waals surface area contributed by atoms with E-state index in [-0.39, 0.29) is 13.0 Å². The molecule has 0 aliphatic carbocycles. The quantitative estimate of drug-likeness (QED) is 0.352. The van der Waals surface area contributed by atoms with Crippen molar-refractivity contribution in [2.45, 2.75) is 18.0 Å². The van der Waals surface area contributed by atoms with Crippen molar-refractivity contribution < 1.29 is 40.3 Å². The molecule has 2 amide bonds. The van der Waals surface area contributed by atoms with Gasteiger partial charge in [0.25, 0.3) is 0 Å². The lowest BCUT2D eigenvalue weighted by Gasteiger charge is -2.25. The van der Waals surface area contributed by atoms with Gasteiger partial charge in [0.2, 0.25) is 11.8 Å². The lowest BCUT2D eigenvalue weighted by atomic mass is 9.97. The SMILES string of the molecule is O=C1NCC(Cl)CC1C(=O)Nc1c(F)c(F)c(C(F)(F)F)c(F)c1F. The second-order valence-corrected chi connectivity index (χ2v) is 5.74. The standard InChI is InChI=1S/C13H8ClF7N2O2/c14-3-1-4(11(24)22-2-3)12(25)23-10-8(17)6(15)5(13(19,20)21)7(16)9(10)18/h3-4H,1-2H2,(H,22,24)(H,23,25). The van der Waals surface area contributed by atoms with Crippen LogP contribution < -0.4 is 10.6 Å². The fourth-order valence-electron chi connectivity index (χ4n) is 2.21. The molecule has 1 aromatic rings. The van der Waals surface area contributed by atoms with Crippen molar-refractivity contribution in [1.82, 2.24) is 5.32 Å². The van der Waals surface area contributed by atoms with Gasteiger partial charge in [-0.25, -0.2) is 17.6 Å². The van der Waals surface area contributed by atoms with Gasteiger partial charge in [0.1, 0.15) is 17.2 Å². The van der Waals surface area contributed by atoms with Crippen LogP contribution in [-0.2, 0) is 15.8 Å². The lowest BCUT2D eigenvalue weighted by molar-refractivity contribution is -0.143. The molecule has 0 aromatic heterocycles. The van der Waals surface area contributed by atoms with Gasteiger partial charge in [-0.3, -0.25) is 9.59 Å². The van der Waals surface area contributed by atoms with Crippen molar-refractivity contribution in [3.63, 3.8) is 0 Å². The van der Waals surface area contributed by atoms with Gasteiger partial charge in [-0.15, -0.1) is 11.6 Å². The van der Waals surface area contributed by atoms with Gasteiger partial charge in [0, 0.05) is 6.54 Å². The minimum atomic E-state index is -5.70. The molecule has 1 saturated heterocycles. The van der Waals surface area contributed by atoms with Crippen molar-refractivity contribution in [2.24, 2.45) is 5.92 Å². The lowest BCUT2D eigenvalue weighted by Crippen LogP contribution is -2.47. The highest BCUT2D eigenvalue weighted by atomic mass is 35.5. The molecule has 1 aliphatic rings. The maximum atomic E-state index is 13.7. The van der Waals surface area contributed by atoms with Gasteiger partial charge in [-0.05, 0) is 6.42 Å². The molecule has 0 spiro atoms. The highest BCUT2D eigenvalue weighted by Crippen LogP contribution is 2.38. The molecule has 2 N–H and O–H groups in total. The Hall–Kier alpha value is -2.04. The van der Waals surface area contributed by atoms with Crippen LogP contribution in [-0.4, -0.2) is 23.7 Å². The Morgan fingerprint density at radius 1 is 1.08 bits per heavy atom. The topological polar surface area (TPSA) is 58.2 Å². The number of alkyl halides is 4. The van der Waals surface area contributed by atoms with Crippen LogP contribution in [0.25, 0.3) is 0 Å². The van der Waals surface area contributed by atoms with Crippen molar-refractivity contribution in [3.8, 4) is 0 Å². The van der Waals surface area contributed by atoms with Crippen LogP contribution in [0.3, 0.4) is 0 Å². The molecule has 1 fully saturated rings. The molecule has 2 unspecified atom stereocenters. The van der Waals surface area contributed by atoms with Crippen LogP contribution in [0, 0.1) is 29.2 Å². The number of carbonyl (C=O) groups is 2. The number of amides is 2. The van der Waals surface area contributed by atoms with Crippen molar-refractivity contribution in [2.75, 3.05) is 11.9 Å². The number of hydrogen-bond acceptors (Lipinski definition) is 2. The molecule has 138 valence electrons. The number of nitrogens with one attached hydrogen (secondary N) is 2. The second kappa shape index (κ2) is 6.70. The first-order valence-electron chi connectivity index (χ1n) is 6.60. The molecule has 12 heteroatoms. The summed E-state index contributed by atoms with van der Waals surface area (Å²) in [5.41, 5.74) is -4.53. The van der Waals surface area contributed by atoms with E-state index in [0.29, 0.717) is 0 Å². The predicted molar refractivity (Wildman–Crippen MR) is 70.7 cm³/mol. The van der Waals surface area contributed by atoms with E-state index >= 15 is 0 Å². The summed E-state index contributed by atoms with van der Waals surface area (Å²) >= 11 is 5.72. The summed E-state index contributed by atoms with van der Waals surface area (Å²) in [6.07, 6.45) is -5.94. The fraction of sp³-hybridized carbons (Fsp3) is 0.385. The Kier molecular flexibility index (Phi) is 5.17. The molecule has 1 heterocycles. The number of hydrogen-bond donors (Lipinski definition) is 2.